The van der Waals surface area contributed by atoms with Crippen LogP contribution < -0.4 is 5.73 Å². The number of nitrogens with two attached hydrogens (primary N) is 1. The number of hydrogen-bond donors (Lipinski definition) is 1. The molecule has 1 saturated carbocycles. The van der Waals surface area contributed by atoms with E-state index in [9.17, 15) is 0 Å². The molecule has 0 spiro atoms. The molecule has 0 aromatic heterocycles. The van der Waals surface area contributed by atoms with Crippen molar-refractivity contribution in [1.29, 1.82) is 0 Å². The SMILES string of the molecule is CC1CC(CN)(N2CC(C)C(N(C)C)C2)C1. The molecule has 2 aliphatic rings. The Morgan fingerprint density at radius 3 is 2.25 bits per heavy atom. The topological polar surface area (TPSA) is 32.5 Å². The number of likely N-dealkylation sites (tertiary alicyclic amines) is 1. The van der Waals surface area contributed by atoms with Crippen LogP contribution in [0.3, 0.4) is 0 Å². The third-order valence-electron chi connectivity index (χ3n) is 4.74. The number of hydrogen-bond acceptors (Lipinski definition) is 3. The first kappa shape index (κ1) is 12.3. The first-order valence-electron chi connectivity index (χ1n) is 6.60. The number of nitrogens with zero attached hydrogens (tertiary/aromatic N) is 2. The standard InChI is InChI=1S/C13H27N3/c1-10-5-13(6-10,9-14)16-7-11(2)12(8-16)15(3)4/h10-12H,5-9,14H2,1-4H3. The lowest BCUT2D eigenvalue weighted by molar-refractivity contribution is -0.000772. The summed E-state index contributed by atoms with van der Waals surface area (Å²) in [4.78, 5) is 5.04. The van der Waals surface area contributed by atoms with Crippen LogP contribution in [-0.2, 0) is 0 Å². The molecular formula is C13H27N3. The summed E-state index contributed by atoms with van der Waals surface area (Å²) < 4.78 is 0. The van der Waals surface area contributed by atoms with Gasteiger partial charge < -0.3 is 10.6 Å². The summed E-state index contributed by atoms with van der Waals surface area (Å²) >= 11 is 0. The highest BCUT2D eigenvalue weighted by atomic mass is 15.3. The summed E-state index contributed by atoms with van der Waals surface area (Å²) in [5.41, 5.74) is 6.37. The molecule has 16 heavy (non-hydrogen) atoms. The quantitative estimate of drug-likeness (QED) is 0.777. The van der Waals surface area contributed by atoms with Gasteiger partial charge in [-0.3, -0.25) is 4.90 Å². The van der Waals surface area contributed by atoms with Crippen LogP contribution in [0.1, 0.15) is 26.7 Å². The van der Waals surface area contributed by atoms with Crippen molar-refractivity contribution in [3.63, 3.8) is 0 Å². The Kier molecular flexibility index (Phi) is 3.30. The van der Waals surface area contributed by atoms with Gasteiger partial charge in [-0.05, 0) is 38.8 Å². The second kappa shape index (κ2) is 4.28. The van der Waals surface area contributed by atoms with E-state index < -0.39 is 0 Å². The maximum absolute atomic E-state index is 6.02. The molecule has 3 heteroatoms. The van der Waals surface area contributed by atoms with E-state index >= 15 is 0 Å². The maximum atomic E-state index is 6.02. The van der Waals surface area contributed by atoms with Gasteiger partial charge in [0.1, 0.15) is 0 Å². The van der Waals surface area contributed by atoms with Gasteiger partial charge in [-0.15, -0.1) is 0 Å². The minimum absolute atomic E-state index is 0.346. The fraction of sp³-hybridized carbons (Fsp3) is 1.00. The van der Waals surface area contributed by atoms with Gasteiger partial charge >= 0.3 is 0 Å². The summed E-state index contributed by atoms with van der Waals surface area (Å²) in [6.07, 6.45) is 2.60. The molecule has 2 fully saturated rings. The Hall–Kier alpha value is -0.120. The Labute approximate surface area is 100.0 Å². The van der Waals surface area contributed by atoms with Gasteiger partial charge in [-0.2, -0.15) is 0 Å². The first-order chi connectivity index (χ1) is 7.48. The van der Waals surface area contributed by atoms with Crippen LogP contribution in [0.25, 0.3) is 0 Å². The average Bonchev–Trinajstić information content (AvgIpc) is 2.55. The molecule has 0 bridgehead atoms. The summed E-state index contributed by atoms with van der Waals surface area (Å²) in [6, 6.07) is 0.708. The molecule has 2 unspecified atom stereocenters. The fourth-order valence-electron chi connectivity index (χ4n) is 3.80. The summed E-state index contributed by atoms with van der Waals surface area (Å²) in [6.45, 7) is 7.99. The predicted octanol–water partition coefficient (Wildman–Crippen LogP) is 0.996. The lowest BCUT2D eigenvalue weighted by atomic mass is 9.68. The molecular weight excluding hydrogens is 198 g/mol. The molecule has 1 heterocycles. The predicted molar refractivity (Wildman–Crippen MR) is 68.4 cm³/mol. The van der Waals surface area contributed by atoms with E-state index in [-0.39, 0.29) is 0 Å². The zero-order chi connectivity index (χ0) is 11.9. The summed E-state index contributed by atoms with van der Waals surface area (Å²) in [5, 5.41) is 0. The highest BCUT2D eigenvalue weighted by Crippen LogP contribution is 2.44. The highest BCUT2D eigenvalue weighted by molar-refractivity contribution is 5.06. The van der Waals surface area contributed by atoms with E-state index in [1.165, 1.54) is 25.9 Å². The lowest BCUT2D eigenvalue weighted by Gasteiger charge is -2.52. The van der Waals surface area contributed by atoms with Gasteiger partial charge in [0.05, 0.1) is 0 Å². The Bertz CT molecular complexity index is 246. The molecule has 2 atom stereocenters. The fourth-order valence-corrected chi connectivity index (χ4v) is 3.80. The van der Waals surface area contributed by atoms with Gasteiger partial charge in [0.15, 0.2) is 0 Å². The van der Waals surface area contributed by atoms with Crippen molar-refractivity contribution in [3.8, 4) is 0 Å². The molecule has 94 valence electrons. The molecule has 0 aromatic rings. The molecule has 1 aliphatic heterocycles. The average molecular weight is 225 g/mol. The monoisotopic (exact) mass is 225 g/mol. The second-order valence-corrected chi connectivity index (χ2v) is 6.36. The van der Waals surface area contributed by atoms with Crippen LogP contribution in [0.5, 0.6) is 0 Å². The highest BCUT2D eigenvalue weighted by Gasteiger charge is 2.49. The van der Waals surface area contributed by atoms with E-state index in [1.54, 1.807) is 0 Å². The maximum Gasteiger partial charge on any atom is 0.0337 e. The van der Waals surface area contributed by atoms with E-state index in [0.717, 1.165) is 18.4 Å². The largest absolute Gasteiger partial charge is 0.329 e. The zero-order valence-electron chi connectivity index (χ0n) is 11.2. The van der Waals surface area contributed by atoms with Gasteiger partial charge in [-0.25, -0.2) is 0 Å². The Morgan fingerprint density at radius 2 is 1.88 bits per heavy atom. The van der Waals surface area contributed by atoms with E-state index in [0.29, 0.717) is 11.6 Å². The van der Waals surface area contributed by atoms with Crippen LogP contribution in [0.15, 0.2) is 0 Å². The van der Waals surface area contributed by atoms with E-state index in [4.69, 9.17) is 5.73 Å². The van der Waals surface area contributed by atoms with Crippen molar-refractivity contribution in [2.24, 2.45) is 17.6 Å². The molecule has 1 saturated heterocycles. The van der Waals surface area contributed by atoms with Crippen LogP contribution in [0.4, 0.5) is 0 Å². The number of rotatable bonds is 3. The smallest absolute Gasteiger partial charge is 0.0337 e. The summed E-state index contributed by atoms with van der Waals surface area (Å²) in [7, 11) is 4.40. The van der Waals surface area contributed by atoms with Gasteiger partial charge in [0.2, 0.25) is 0 Å². The Morgan fingerprint density at radius 1 is 1.25 bits per heavy atom. The number of likely N-dealkylation sites (N-methyl/N-ethyl adjacent to an activating group) is 1. The minimum atomic E-state index is 0.346. The molecule has 0 amide bonds. The van der Waals surface area contributed by atoms with Crippen LogP contribution in [0, 0.1) is 11.8 Å². The van der Waals surface area contributed by atoms with Crippen molar-refractivity contribution < 1.29 is 0 Å². The van der Waals surface area contributed by atoms with E-state index in [2.05, 4.69) is 37.7 Å². The second-order valence-electron chi connectivity index (χ2n) is 6.36. The van der Waals surface area contributed by atoms with Crippen molar-refractivity contribution >= 4 is 0 Å². The molecule has 3 nitrogen and oxygen atoms in total. The lowest BCUT2D eigenvalue weighted by Crippen LogP contribution is -2.61. The van der Waals surface area contributed by atoms with Crippen molar-refractivity contribution in [3.05, 3.63) is 0 Å². The third-order valence-corrected chi connectivity index (χ3v) is 4.74. The molecule has 2 rings (SSSR count). The van der Waals surface area contributed by atoms with Crippen molar-refractivity contribution in [1.82, 2.24) is 9.80 Å². The van der Waals surface area contributed by atoms with Crippen molar-refractivity contribution in [2.45, 2.75) is 38.3 Å². The first-order valence-corrected chi connectivity index (χ1v) is 6.60. The molecule has 2 N–H and O–H groups in total. The van der Waals surface area contributed by atoms with Gasteiger partial charge in [-0.1, -0.05) is 13.8 Å². The van der Waals surface area contributed by atoms with Gasteiger partial charge in [0, 0.05) is 31.2 Å². The zero-order valence-corrected chi connectivity index (χ0v) is 11.2. The van der Waals surface area contributed by atoms with E-state index in [1.807, 2.05) is 0 Å². The minimum Gasteiger partial charge on any atom is -0.329 e. The van der Waals surface area contributed by atoms with Gasteiger partial charge in [0.25, 0.3) is 0 Å². The van der Waals surface area contributed by atoms with Crippen molar-refractivity contribution in [2.75, 3.05) is 33.7 Å². The Balaban J connectivity index is 2.02. The summed E-state index contributed by atoms with van der Waals surface area (Å²) in [5.74, 6) is 1.64. The normalized spacial score (nSPS) is 45.0. The third kappa shape index (κ3) is 1.89. The van der Waals surface area contributed by atoms with Crippen LogP contribution in [0.2, 0.25) is 0 Å². The van der Waals surface area contributed by atoms with Crippen LogP contribution in [-0.4, -0.2) is 55.1 Å². The molecule has 0 radical (unpaired) electrons. The molecule has 0 aromatic carbocycles. The molecule has 1 aliphatic carbocycles. The van der Waals surface area contributed by atoms with Crippen LogP contribution >= 0.6 is 0 Å².